The number of likely N-dealkylation sites (tertiary alicyclic amines) is 1. The van der Waals surface area contributed by atoms with Crippen LogP contribution in [0, 0.1) is 0 Å². The molecule has 2 N–H and O–H groups in total. The molecule has 0 saturated carbocycles. The van der Waals surface area contributed by atoms with E-state index in [9.17, 15) is 9.59 Å². The van der Waals surface area contributed by atoms with Crippen molar-refractivity contribution in [2.75, 3.05) is 6.54 Å². The molecule has 0 radical (unpaired) electrons. The first-order valence-electron chi connectivity index (χ1n) is 4.20. The maximum absolute atomic E-state index is 11.4. The first-order valence-corrected chi connectivity index (χ1v) is 4.20. The quantitative estimate of drug-likeness (QED) is 0.551. The largest absolute Gasteiger partial charge is 0.320 e. The Hall–Kier alpha value is -0.900. The van der Waals surface area contributed by atoms with Gasteiger partial charge in [0.25, 0.3) is 0 Å². The van der Waals surface area contributed by atoms with E-state index in [0.717, 1.165) is 12.8 Å². The molecule has 1 aliphatic heterocycles. The van der Waals surface area contributed by atoms with Crippen molar-refractivity contribution in [1.29, 1.82) is 0 Å². The van der Waals surface area contributed by atoms with Gasteiger partial charge in [-0.15, -0.1) is 0 Å². The lowest BCUT2D eigenvalue weighted by Crippen LogP contribution is -2.44. The second-order valence-electron chi connectivity index (χ2n) is 3.11. The molecule has 0 bridgehead atoms. The van der Waals surface area contributed by atoms with Crippen LogP contribution in [0.25, 0.3) is 0 Å². The Morgan fingerprint density at radius 3 is 2.83 bits per heavy atom. The van der Waals surface area contributed by atoms with Crippen molar-refractivity contribution < 1.29 is 9.59 Å². The van der Waals surface area contributed by atoms with E-state index in [4.69, 9.17) is 5.73 Å². The van der Waals surface area contributed by atoms with Gasteiger partial charge in [0, 0.05) is 13.5 Å². The molecular formula is C8H14N2O2. The third kappa shape index (κ3) is 1.82. The van der Waals surface area contributed by atoms with E-state index < -0.39 is 6.04 Å². The van der Waals surface area contributed by atoms with Crippen LogP contribution in [0.3, 0.4) is 0 Å². The Kier molecular flexibility index (Phi) is 2.81. The van der Waals surface area contributed by atoms with Crippen molar-refractivity contribution in [3.63, 3.8) is 0 Å². The Bertz CT molecular complexity index is 203. The number of hydrogen-bond donors (Lipinski definition) is 1. The van der Waals surface area contributed by atoms with Crippen LogP contribution >= 0.6 is 0 Å². The third-order valence-corrected chi connectivity index (χ3v) is 2.11. The molecule has 1 atom stereocenters. The summed E-state index contributed by atoms with van der Waals surface area (Å²) in [5.74, 6) is -0.419. The van der Waals surface area contributed by atoms with Crippen LogP contribution in [-0.4, -0.2) is 29.3 Å². The highest BCUT2D eigenvalue weighted by Gasteiger charge is 2.25. The van der Waals surface area contributed by atoms with E-state index in [2.05, 4.69) is 0 Å². The van der Waals surface area contributed by atoms with Gasteiger partial charge in [0.05, 0.1) is 6.04 Å². The summed E-state index contributed by atoms with van der Waals surface area (Å²) in [6, 6.07) is -0.476. The number of imide groups is 1. The van der Waals surface area contributed by atoms with Crippen LogP contribution < -0.4 is 5.73 Å². The van der Waals surface area contributed by atoms with E-state index in [1.54, 1.807) is 0 Å². The fourth-order valence-electron chi connectivity index (χ4n) is 1.38. The minimum atomic E-state index is -0.476. The summed E-state index contributed by atoms with van der Waals surface area (Å²) in [6.07, 6.45) is 2.50. The normalized spacial score (nSPS) is 25.3. The van der Waals surface area contributed by atoms with Crippen LogP contribution in [0.5, 0.6) is 0 Å². The van der Waals surface area contributed by atoms with Gasteiger partial charge in [-0.25, -0.2) is 0 Å². The van der Waals surface area contributed by atoms with E-state index in [1.807, 2.05) is 0 Å². The summed E-state index contributed by atoms with van der Waals surface area (Å²) in [7, 11) is 0. The first kappa shape index (κ1) is 9.19. The zero-order chi connectivity index (χ0) is 9.14. The van der Waals surface area contributed by atoms with Crippen LogP contribution in [0.15, 0.2) is 0 Å². The Labute approximate surface area is 71.7 Å². The first-order chi connectivity index (χ1) is 5.63. The number of carbonyl (C=O) groups excluding carboxylic acids is 2. The lowest BCUT2D eigenvalue weighted by atomic mass is 10.1. The number of rotatable bonds is 0. The molecule has 1 aliphatic rings. The Morgan fingerprint density at radius 2 is 2.25 bits per heavy atom. The molecule has 1 fully saturated rings. The standard InChI is InChI=1S/C8H14N2O2/c1-6(11)10-5-3-2-4-7(9)8(10)12/h7H,2-5,9H2,1H3. The molecule has 68 valence electrons. The van der Waals surface area contributed by atoms with Crippen molar-refractivity contribution >= 4 is 11.8 Å². The predicted molar refractivity (Wildman–Crippen MR) is 44.2 cm³/mol. The van der Waals surface area contributed by atoms with Crippen molar-refractivity contribution in [3.8, 4) is 0 Å². The highest BCUT2D eigenvalue weighted by molar-refractivity contribution is 5.96. The summed E-state index contributed by atoms with van der Waals surface area (Å²) in [5.41, 5.74) is 5.56. The van der Waals surface area contributed by atoms with Crippen LogP contribution in [0.4, 0.5) is 0 Å². The SMILES string of the molecule is CC(=O)N1CCCCC(N)C1=O. The molecule has 0 aliphatic carbocycles. The van der Waals surface area contributed by atoms with Gasteiger partial charge >= 0.3 is 0 Å². The van der Waals surface area contributed by atoms with Crippen molar-refractivity contribution in [1.82, 2.24) is 4.90 Å². The lowest BCUT2D eigenvalue weighted by Gasteiger charge is -2.18. The zero-order valence-electron chi connectivity index (χ0n) is 7.25. The van der Waals surface area contributed by atoms with E-state index in [-0.39, 0.29) is 11.8 Å². The topological polar surface area (TPSA) is 63.4 Å². The van der Waals surface area contributed by atoms with Gasteiger partial charge in [-0.1, -0.05) is 0 Å². The molecule has 0 aromatic heterocycles. The molecule has 0 aromatic carbocycles. The molecule has 1 rings (SSSR count). The van der Waals surface area contributed by atoms with Crippen molar-refractivity contribution in [3.05, 3.63) is 0 Å². The fourth-order valence-corrected chi connectivity index (χ4v) is 1.38. The maximum atomic E-state index is 11.4. The molecule has 0 spiro atoms. The number of hydrogen-bond acceptors (Lipinski definition) is 3. The monoisotopic (exact) mass is 170 g/mol. The molecule has 0 aromatic rings. The summed E-state index contributed by atoms with van der Waals surface area (Å²) in [4.78, 5) is 23.6. The average molecular weight is 170 g/mol. The van der Waals surface area contributed by atoms with Gasteiger partial charge in [0.2, 0.25) is 11.8 Å². The highest BCUT2D eigenvalue weighted by Crippen LogP contribution is 2.10. The number of carbonyl (C=O) groups is 2. The molecule has 1 saturated heterocycles. The van der Waals surface area contributed by atoms with Gasteiger partial charge < -0.3 is 5.73 Å². The van der Waals surface area contributed by atoms with Gasteiger partial charge in [-0.2, -0.15) is 0 Å². The van der Waals surface area contributed by atoms with Gasteiger partial charge in [0.1, 0.15) is 0 Å². The zero-order valence-corrected chi connectivity index (χ0v) is 7.25. The number of nitrogens with zero attached hydrogens (tertiary/aromatic N) is 1. The van der Waals surface area contributed by atoms with Gasteiger partial charge in [0.15, 0.2) is 0 Å². The Balaban J connectivity index is 2.71. The summed E-state index contributed by atoms with van der Waals surface area (Å²) in [6.45, 7) is 1.93. The number of nitrogens with two attached hydrogens (primary N) is 1. The third-order valence-electron chi connectivity index (χ3n) is 2.11. The molecule has 4 heteroatoms. The molecule has 12 heavy (non-hydrogen) atoms. The minimum absolute atomic E-state index is 0.197. The molecule has 1 heterocycles. The number of amides is 2. The van der Waals surface area contributed by atoms with Crippen molar-refractivity contribution in [2.45, 2.75) is 32.2 Å². The average Bonchev–Trinajstić information content (AvgIpc) is 2.15. The maximum Gasteiger partial charge on any atom is 0.246 e. The summed E-state index contributed by atoms with van der Waals surface area (Å²) >= 11 is 0. The van der Waals surface area contributed by atoms with Crippen LogP contribution in [0.2, 0.25) is 0 Å². The highest BCUT2D eigenvalue weighted by atomic mass is 16.2. The fraction of sp³-hybridized carbons (Fsp3) is 0.750. The summed E-state index contributed by atoms with van der Waals surface area (Å²) in [5, 5.41) is 0. The summed E-state index contributed by atoms with van der Waals surface area (Å²) < 4.78 is 0. The molecule has 2 amide bonds. The second kappa shape index (κ2) is 3.67. The van der Waals surface area contributed by atoms with E-state index >= 15 is 0 Å². The van der Waals surface area contributed by atoms with Gasteiger partial charge in [-0.05, 0) is 19.3 Å². The smallest absolute Gasteiger partial charge is 0.246 e. The molecular weight excluding hydrogens is 156 g/mol. The van der Waals surface area contributed by atoms with E-state index in [1.165, 1.54) is 11.8 Å². The van der Waals surface area contributed by atoms with Crippen molar-refractivity contribution in [2.24, 2.45) is 5.73 Å². The van der Waals surface area contributed by atoms with Gasteiger partial charge in [-0.3, -0.25) is 14.5 Å². The second-order valence-corrected chi connectivity index (χ2v) is 3.11. The Morgan fingerprint density at radius 1 is 1.58 bits per heavy atom. The van der Waals surface area contributed by atoms with Crippen LogP contribution in [0.1, 0.15) is 26.2 Å². The molecule has 4 nitrogen and oxygen atoms in total. The van der Waals surface area contributed by atoms with E-state index in [0.29, 0.717) is 13.0 Å². The molecule has 1 unspecified atom stereocenters. The lowest BCUT2D eigenvalue weighted by molar-refractivity contribution is -0.143. The minimum Gasteiger partial charge on any atom is -0.320 e. The van der Waals surface area contributed by atoms with Crippen LogP contribution in [-0.2, 0) is 9.59 Å². The predicted octanol–water partition coefficient (Wildman–Crippen LogP) is -0.127.